The molecule has 0 spiro atoms. The number of nitrogens with one attached hydrogen (secondary N) is 2. The maximum absolute atomic E-state index is 12.7. The summed E-state index contributed by atoms with van der Waals surface area (Å²) in [5.74, 6) is 0.412. The van der Waals surface area contributed by atoms with Crippen molar-refractivity contribution in [2.24, 2.45) is 0 Å². The second kappa shape index (κ2) is 9.36. The molecule has 0 saturated carbocycles. The molecule has 31 heavy (non-hydrogen) atoms. The summed E-state index contributed by atoms with van der Waals surface area (Å²) in [5.41, 5.74) is 3.53. The molecule has 1 aromatic heterocycles. The van der Waals surface area contributed by atoms with Crippen molar-refractivity contribution in [3.63, 3.8) is 0 Å². The molecule has 0 aliphatic rings. The molecule has 0 unspecified atom stereocenters. The molecule has 1 heterocycles. The Labute approximate surface area is 180 Å². The normalized spacial score (nSPS) is 11.0. The van der Waals surface area contributed by atoms with E-state index in [1.54, 1.807) is 6.07 Å². The van der Waals surface area contributed by atoms with Gasteiger partial charge in [0, 0.05) is 5.69 Å². The Kier molecular flexibility index (Phi) is 6.19. The first-order valence-corrected chi connectivity index (χ1v) is 10.2. The highest BCUT2D eigenvalue weighted by atomic mass is 16.2. The van der Waals surface area contributed by atoms with E-state index in [4.69, 9.17) is 0 Å². The van der Waals surface area contributed by atoms with Crippen molar-refractivity contribution >= 4 is 22.5 Å². The molecular weight excluding hydrogens is 388 g/mol. The van der Waals surface area contributed by atoms with Crippen LogP contribution in [0.4, 0.5) is 5.69 Å². The van der Waals surface area contributed by atoms with Crippen LogP contribution in [0.25, 0.3) is 10.9 Å². The Morgan fingerprint density at radius 2 is 1.68 bits per heavy atom. The number of carbonyl (C=O) groups is 1. The van der Waals surface area contributed by atoms with Gasteiger partial charge in [0.25, 0.3) is 5.56 Å². The second-order valence-corrected chi connectivity index (χ2v) is 7.57. The van der Waals surface area contributed by atoms with Crippen LogP contribution in [-0.4, -0.2) is 34.4 Å². The zero-order chi connectivity index (χ0) is 21.6. The fourth-order valence-corrected chi connectivity index (χ4v) is 3.57. The number of para-hydroxylation sites is 2. The predicted molar refractivity (Wildman–Crippen MR) is 123 cm³/mol. The standard InChI is InChI=1S/C25H24N4O2/c1-29(16-23-26-22-14-8-6-12-20(22)25(31)28-23)17-24(30)27-21-13-7-5-11-19(21)15-18-9-3-2-4-10-18/h2-14H,15-17H2,1H3,(H,27,30)(H,26,28,31). The molecule has 0 bridgehead atoms. The minimum atomic E-state index is -0.173. The number of aromatic nitrogens is 2. The van der Waals surface area contributed by atoms with Crippen LogP contribution in [0.5, 0.6) is 0 Å². The van der Waals surface area contributed by atoms with Crippen molar-refractivity contribution in [3.05, 3.63) is 106 Å². The Morgan fingerprint density at radius 3 is 2.52 bits per heavy atom. The van der Waals surface area contributed by atoms with Crippen LogP contribution in [0.1, 0.15) is 17.0 Å². The molecule has 6 heteroatoms. The van der Waals surface area contributed by atoms with E-state index >= 15 is 0 Å². The van der Waals surface area contributed by atoms with E-state index in [9.17, 15) is 9.59 Å². The second-order valence-electron chi connectivity index (χ2n) is 7.57. The van der Waals surface area contributed by atoms with E-state index < -0.39 is 0 Å². The molecule has 0 fully saturated rings. The first kappa shape index (κ1) is 20.5. The number of aromatic amines is 1. The van der Waals surface area contributed by atoms with Gasteiger partial charge in [-0.15, -0.1) is 0 Å². The summed E-state index contributed by atoms with van der Waals surface area (Å²) < 4.78 is 0. The largest absolute Gasteiger partial charge is 0.325 e. The molecular formula is C25H24N4O2. The Balaban J connectivity index is 1.41. The number of hydrogen-bond donors (Lipinski definition) is 2. The summed E-state index contributed by atoms with van der Waals surface area (Å²) in [7, 11) is 1.82. The van der Waals surface area contributed by atoms with Crippen LogP contribution in [0.15, 0.2) is 83.7 Å². The van der Waals surface area contributed by atoms with E-state index in [-0.39, 0.29) is 18.0 Å². The van der Waals surface area contributed by atoms with Gasteiger partial charge in [-0.1, -0.05) is 60.7 Å². The molecule has 4 rings (SSSR count). The predicted octanol–water partition coefficient (Wildman–Crippen LogP) is 3.58. The fourth-order valence-electron chi connectivity index (χ4n) is 3.57. The molecule has 1 amide bonds. The summed E-state index contributed by atoms with van der Waals surface area (Å²) in [6.07, 6.45) is 0.745. The van der Waals surface area contributed by atoms with Gasteiger partial charge in [-0.3, -0.25) is 14.5 Å². The highest BCUT2D eigenvalue weighted by molar-refractivity contribution is 5.93. The van der Waals surface area contributed by atoms with Gasteiger partial charge in [0.1, 0.15) is 5.82 Å². The number of benzene rings is 3. The smallest absolute Gasteiger partial charge is 0.258 e. The minimum Gasteiger partial charge on any atom is -0.325 e. The molecule has 0 aliphatic heterocycles. The van der Waals surface area contributed by atoms with Gasteiger partial charge < -0.3 is 10.3 Å². The Morgan fingerprint density at radius 1 is 0.968 bits per heavy atom. The number of fused-ring (bicyclic) bond motifs is 1. The van der Waals surface area contributed by atoms with Gasteiger partial charge in [0.15, 0.2) is 0 Å². The topological polar surface area (TPSA) is 78.1 Å². The lowest BCUT2D eigenvalue weighted by Crippen LogP contribution is -2.31. The first-order valence-electron chi connectivity index (χ1n) is 10.2. The van der Waals surface area contributed by atoms with Crippen molar-refractivity contribution in [1.29, 1.82) is 0 Å². The number of anilines is 1. The van der Waals surface area contributed by atoms with Crippen molar-refractivity contribution in [1.82, 2.24) is 14.9 Å². The summed E-state index contributed by atoms with van der Waals surface area (Å²) >= 11 is 0. The zero-order valence-corrected chi connectivity index (χ0v) is 17.3. The van der Waals surface area contributed by atoms with Gasteiger partial charge in [-0.2, -0.15) is 0 Å². The highest BCUT2D eigenvalue weighted by Gasteiger charge is 2.12. The molecule has 3 aromatic carbocycles. The van der Waals surface area contributed by atoms with E-state index in [0.29, 0.717) is 23.3 Å². The molecule has 0 atom stereocenters. The molecule has 6 nitrogen and oxygen atoms in total. The van der Waals surface area contributed by atoms with Gasteiger partial charge >= 0.3 is 0 Å². The molecule has 2 N–H and O–H groups in total. The van der Waals surface area contributed by atoms with Crippen LogP contribution in [0, 0.1) is 0 Å². The number of hydrogen-bond acceptors (Lipinski definition) is 4. The van der Waals surface area contributed by atoms with E-state index in [0.717, 1.165) is 17.7 Å². The van der Waals surface area contributed by atoms with Crippen molar-refractivity contribution < 1.29 is 4.79 Å². The number of nitrogens with zero attached hydrogens (tertiary/aromatic N) is 2. The van der Waals surface area contributed by atoms with E-state index in [1.807, 2.05) is 72.6 Å². The monoisotopic (exact) mass is 412 g/mol. The third kappa shape index (κ3) is 5.24. The SMILES string of the molecule is CN(CC(=O)Nc1ccccc1Cc1ccccc1)Cc1nc2ccccc2c(=O)[nH]1. The van der Waals surface area contributed by atoms with Crippen LogP contribution in [0.2, 0.25) is 0 Å². The summed E-state index contributed by atoms with van der Waals surface area (Å²) in [4.78, 5) is 34.0. The lowest BCUT2D eigenvalue weighted by molar-refractivity contribution is -0.117. The van der Waals surface area contributed by atoms with Crippen LogP contribution < -0.4 is 10.9 Å². The lowest BCUT2D eigenvalue weighted by atomic mass is 10.0. The summed E-state index contributed by atoms with van der Waals surface area (Å²) in [6.45, 7) is 0.537. The third-order valence-electron chi connectivity index (χ3n) is 5.02. The summed E-state index contributed by atoms with van der Waals surface area (Å²) in [6, 6.07) is 25.2. The fraction of sp³-hybridized carbons (Fsp3) is 0.160. The average Bonchev–Trinajstić information content (AvgIpc) is 2.76. The Hall–Kier alpha value is -3.77. The van der Waals surface area contributed by atoms with Gasteiger partial charge in [0.2, 0.25) is 5.91 Å². The number of rotatable bonds is 7. The molecule has 0 aliphatic carbocycles. The van der Waals surface area contributed by atoms with Crippen LogP contribution in [0.3, 0.4) is 0 Å². The number of amides is 1. The number of likely N-dealkylation sites (N-methyl/N-ethyl adjacent to an activating group) is 1. The summed E-state index contributed by atoms with van der Waals surface area (Å²) in [5, 5.41) is 3.57. The average molecular weight is 412 g/mol. The van der Waals surface area contributed by atoms with Gasteiger partial charge in [0.05, 0.1) is 24.0 Å². The maximum atomic E-state index is 12.7. The maximum Gasteiger partial charge on any atom is 0.258 e. The van der Waals surface area contributed by atoms with Gasteiger partial charge in [-0.05, 0) is 42.8 Å². The minimum absolute atomic E-state index is 0.119. The molecule has 0 radical (unpaired) electrons. The van der Waals surface area contributed by atoms with Crippen LogP contribution in [-0.2, 0) is 17.8 Å². The first-order chi connectivity index (χ1) is 15.1. The quantitative estimate of drug-likeness (QED) is 0.486. The van der Waals surface area contributed by atoms with Crippen molar-refractivity contribution in [2.75, 3.05) is 18.9 Å². The number of carbonyl (C=O) groups excluding carboxylic acids is 1. The Bertz CT molecular complexity index is 1250. The van der Waals surface area contributed by atoms with E-state index in [2.05, 4.69) is 27.4 Å². The molecule has 4 aromatic rings. The highest BCUT2D eigenvalue weighted by Crippen LogP contribution is 2.19. The third-order valence-corrected chi connectivity index (χ3v) is 5.02. The zero-order valence-electron chi connectivity index (χ0n) is 17.3. The van der Waals surface area contributed by atoms with Crippen molar-refractivity contribution in [2.45, 2.75) is 13.0 Å². The molecule has 0 saturated heterocycles. The number of H-pyrrole nitrogens is 1. The van der Waals surface area contributed by atoms with Crippen LogP contribution >= 0.6 is 0 Å². The van der Waals surface area contributed by atoms with Gasteiger partial charge in [-0.25, -0.2) is 4.98 Å². The van der Waals surface area contributed by atoms with Crippen molar-refractivity contribution in [3.8, 4) is 0 Å². The van der Waals surface area contributed by atoms with E-state index in [1.165, 1.54) is 5.56 Å². The lowest BCUT2D eigenvalue weighted by Gasteiger charge is -2.17. The molecule has 156 valence electrons.